The van der Waals surface area contributed by atoms with Crippen LogP contribution in [0, 0.1) is 5.92 Å². The van der Waals surface area contributed by atoms with E-state index in [4.69, 9.17) is 4.52 Å². The largest absolute Gasteiger partial charge is 0.339 e. The molecule has 1 saturated heterocycles. The van der Waals surface area contributed by atoms with Crippen molar-refractivity contribution in [3.8, 4) is 0 Å². The summed E-state index contributed by atoms with van der Waals surface area (Å²) in [6, 6.07) is 0.666. The number of aryl methyl sites for hydroxylation is 1. The quantitative estimate of drug-likeness (QED) is 0.822. The summed E-state index contributed by atoms with van der Waals surface area (Å²) >= 11 is 0. The average molecular weight is 221 g/mol. The minimum atomic E-state index is 0.666. The average Bonchev–Trinajstić information content (AvgIpc) is 2.81. The molecule has 4 heteroatoms. The van der Waals surface area contributed by atoms with Gasteiger partial charge in [-0.05, 0) is 44.6 Å². The predicted molar refractivity (Wildman–Crippen MR) is 60.1 cm³/mol. The van der Waals surface area contributed by atoms with Crippen LogP contribution in [-0.4, -0.2) is 22.7 Å². The number of nitrogens with zero attached hydrogens (tertiary/aromatic N) is 2. The van der Waals surface area contributed by atoms with Gasteiger partial charge in [-0.2, -0.15) is 4.98 Å². The van der Waals surface area contributed by atoms with Crippen molar-refractivity contribution in [3.05, 3.63) is 11.7 Å². The van der Waals surface area contributed by atoms with Gasteiger partial charge in [-0.15, -0.1) is 0 Å². The van der Waals surface area contributed by atoms with E-state index in [9.17, 15) is 0 Å². The van der Waals surface area contributed by atoms with Crippen molar-refractivity contribution in [1.29, 1.82) is 0 Å². The van der Waals surface area contributed by atoms with E-state index in [0.29, 0.717) is 6.04 Å². The molecule has 1 aliphatic carbocycles. The highest BCUT2D eigenvalue weighted by Gasteiger charge is 2.24. The summed E-state index contributed by atoms with van der Waals surface area (Å²) in [6.45, 7) is 1.17. The molecule has 0 aromatic carbocycles. The molecular weight excluding hydrogens is 202 g/mol. The standard InChI is InChI=1S/C12H19N3O/c1-2-10(13-7-1)5-6-12-14-11(15-16-12)8-9-3-4-9/h9-10,13H,1-8H2. The Morgan fingerprint density at radius 1 is 1.31 bits per heavy atom. The Bertz CT molecular complexity index is 340. The van der Waals surface area contributed by atoms with Crippen LogP contribution in [0.2, 0.25) is 0 Å². The van der Waals surface area contributed by atoms with Gasteiger partial charge in [-0.1, -0.05) is 5.16 Å². The van der Waals surface area contributed by atoms with Crippen LogP contribution < -0.4 is 5.32 Å². The number of hydrogen-bond donors (Lipinski definition) is 1. The fourth-order valence-electron chi connectivity index (χ4n) is 2.36. The third-order valence-corrected chi connectivity index (χ3v) is 3.55. The van der Waals surface area contributed by atoms with Gasteiger partial charge in [0, 0.05) is 18.9 Å². The molecule has 2 aliphatic rings. The summed E-state index contributed by atoms with van der Waals surface area (Å²) in [5.41, 5.74) is 0. The van der Waals surface area contributed by atoms with Crippen LogP contribution in [0.3, 0.4) is 0 Å². The van der Waals surface area contributed by atoms with Crippen molar-refractivity contribution >= 4 is 0 Å². The second kappa shape index (κ2) is 4.53. The van der Waals surface area contributed by atoms with Crippen molar-refractivity contribution in [3.63, 3.8) is 0 Å². The van der Waals surface area contributed by atoms with Gasteiger partial charge in [0.15, 0.2) is 5.82 Å². The van der Waals surface area contributed by atoms with Crippen molar-refractivity contribution < 1.29 is 4.52 Å². The molecule has 1 atom stereocenters. The van der Waals surface area contributed by atoms with Crippen LogP contribution >= 0.6 is 0 Å². The molecule has 0 bridgehead atoms. The molecule has 1 N–H and O–H groups in total. The summed E-state index contributed by atoms with van der Waals surface area (Å²) in [4.78, 5) is 4.45. The third-order valence-electron chi connectivity index (χ3n) is 3.55. The van der Waals surface area contributed by atoms with E-state index >= 15 is 0 Å². The van der Waals surface area contributed by atoms with Gasteiger partial charge in [-0.3, -0.25) is 0 Å². The highest BCUT2D eigenvalue weighted by molar-refractivity contribution is 4.92. The Hall–Kier alpha value is -0.900. The van der Waals surface area contributed by atoms with E-state index in [1.54, 1.807) is 0 Å². The molecule has 2 heterocycles. The zero-order chi connectivity index (χ0) is 10.8. The molecule has 16 heavy (non-hydrogen) atoms. The fraction of sp³-hybridized carbons (Fsp3) is 0.833. The van der Waals surface area contributed by atoms with Crippen molar-refractivity contribution in [2.45, 2.75) is 51.0 Å². The van der Waals surface area contributed by atoms with Gasteiger partial charge < -0.3 is 9.84 Å². The maximum atomic E-state index is 5.26. The molecule has 0 amide bonds. The van der Waals surface area contributed by atoms with Gasteiger partial charge in [0.25, 0.3) is 0 Å². The first-order valence-electron chi connectivity index (χ1n) is 6.45. The Kier molecular flexibility index (Phi) is 2.91. The lowest BCUT2D eigenvalue weighted by Gasteiger charge is -2.06. The Morgan fingerprint density at radius 2 is 2.25 bits per heavy atom. The van der Waals surface area contributed by atoms with E-state index in [1.807, 2.05) is 0 Å². The maximum absolute atomic E-state index is 5.26. The van der Waals surface area contributed by atoms with Gasteiger partial charge in [0.1, 0.15) is 0 Å². The Balaban J connectivity index is 1.47. The molecule has 88 valence electrons. The third kappa shape index (κ3) is 2.61. The SMILES string of the molecule is C1CNC(CCc2nc(CC3CC3)no2)C1. The molecule has 2 fully saturated rings. The zero-order valence-electron chi connectivity index (χ0n) is 9.61. The summed E-state index contributed by atoms with van der Waals surface area (Å²) in [5, 5.41) is 7.52. The first kappa shape index (κ1) is 10.3. The number of nitrogens with one attached hydrogen (secondary N) is 1. The van der Waals surface area contributed by atoms with E-state index in [0.717, 1.165) is 36.9 Å². The monoisotopic (exact) mass is 221 g/mol. The Labute approximate surface area is 95.8 Å². The molecule has 1 unspecified atom stereocenters. The lowest BCUT2D eigenvalue weighted by molar-refractivity contribution is 0.363. The van der Waals surface area contributed by atoms with Gasteiger partial charge >= 0.3 is 0 Å². The van der Waals surface area contributed by atoms with Crippen LogP contribution in [0.15, 0.2) is 4.52 Å². The molecular formula is C12H19N3O. The molecule has 1 aliphatic heterocycles. The summed E-state index contributed by atoms with van der Waals surface area (Å²) in [7, 11) is 0. The minimum Gasteiger partial charge on any atom is -0.339 e. The highest BCUT2D eigenvalue weighted by atomic mass is 16.5. The molecule has 0 radical (unpaired) electrons. The van der Waals surface area contributed by atoms with Gasteiger partial charge in [-0.25, -0.2) is 0 Å². The van der Waals surface area contributed by atoms with E-state index in [2.05, 4.69) is 15.5 Å². The van der Waals surface area contributed by atoms with Crippen LogP contribution in [0.1, 0.15) is 43.8 Å². The molecule has 3 rings (SSSR count). The smallest absolute Gasteiger partial charge is 0.226 e. The lowest BCUT2D eigenvalue weighted by Crippen LogP contribution is -2.21. The number of aromatic nitrogens is 2. The van der Waals surface area contributed by atoms with Crippen LogP contribution in [0.4, 0.5) is 0 Å². The minimum absolute atomic E-state index is 0.666. The summed E-state index contributed by atoms with van der Waals surface area (Å²) in [6.07, 6.45) is 8.36. The number of rotatable bonds is 5. The van der Waals surface area contributed by atoms with Crippen molar-refractivity contribution in [1.82, 2.24) is 15.5 Å². The predicted octanol–water partition coefficient (Wildman–Crippen LogP) is 1.71. The zero-order valence-corrected chi connectivity index (χ0v) is 9.61. The van der Waals surface area contributed by atoms with Crippen LogP contribution in [0.5, 0.6) is 0 Å². The van der Waals surface area contributed by atoms with Crippen molar-refractivity contribution in [2.24, 2.45) is 5.92 Å². The lowest BCUT2D eigenvalue weighted by atomic mass is 10.1. The molecule has 1 saturated carbocycles. The highest BCUT2D eigenvalue weighted by Crippen LogP contribution is 2.31. The first-order valence-corrected chi connectivity index (χ1v) is 6.45. The van der Waals surface area contributed by atoms with Crippen LogP contribution in [0.25, 0.3) is 0 Å². The second-order valence-electron chi connectivity index (χ2n) is 5.08. The van der Waals surface area contributed by atoms with E-state index in [-0.39, 0.29) is 0 Å². The fourth-order valence-corrected chi connectivity index (χ4v) is 2.36. The van der Waals surface area contributed by atoms with E-state index in [1.165, 1.54) is 32.2 Å². The second-order valence-corrected chi connectivity index (χ2v) is 5.08. The molecule has 0 spiro atoms. The van der Waals surface area contributed by atoms with Gasteiger partial charge in [0.2, 0.25) is 5.89 Å². The molecule has 1 aromatic rings. The molecule has 4 nitrogen and oxygen atoms in total. The van der Waals surface area contributed by atoms with E-state index < -0.39 is 0 Å². The summed E-state index contributed by atoms with van der Waals surface area (Å²) in [5.74, 6) is 2.57. The van der Waals surface area contributed by atoms with Gasteiger partial charge in [0.05, 0.1) is 0 Å². The van der Waals surface area contributed by atoms with Crippen molar-refractivity contribution in [2.75, 3.05) is 6.54 Å². The normalized spacial score (nSPS) is 25.1. The van der Waals surface area contributed by atoms with Crippen LogP contribution in [-0.2, 0) is 12.8 Å². The topological polar surface area (TPSA) is 51.0 Å². The molecule has 1 aromatic heterocycles. The summed E-state index contributed by atoms with van der Waals surface area (Å²) < 4.78 is 5.26. The number of hydrogen-bond acceptors (Lipinski definition) is 4. The maximum Gasteiger partial charge on any atom is 0.226 e. The Morgan fingerprint density at radius 3 is 3.00 bits per heavy atom. The first-order chi connectivity index (χ1) is 7.90.